The number of aryl methyl sites for hydroxylation is 2. The molecule has 2 aromatic rings. The zero-order valence-corrected chi connectivity index (χ0v) is 11.7. The summed E-state index contributed by atoms with van der Waals surface area (Å²) >= 11 is 0. The predicted molar refractivity (Wildman–Crippen MR) is 72.4 cm³/mol. The van der Waals surface area contributed by atoms with Gasteiger partial charge in [0.25, 0.3) is 0 Å². The number of rotatable bonds is 5. The molecule has 0 aliphatic carbocycles. The molecule has 0 spiro atoms. The summed E-state index contributed by atoms with van der Waals surface area (Å²) in [6.07, 6.45) is 4.78. The third kappa shape index (κ3) is 3.05. The van der Waals surface area contributed by atoms with Gasteiger partial charge in [0.05, 0.1) is 22.5 Å². The van der Waals surface area contributed by atoms with Crippen LogP contribution in [0.5, 0.6) is 0 Å². The van der Waals surface area contributed by atoms with Gasteiger partial charge in [-0.1, -0.05) is 6.07 Å². The van der Waals surface area contributed by atoms with E-state index < -0.39 is 15.8 Å². The summed E-state index contributed by atoms with van der Waals surface area (Å²) < 4.78 is 26.0. The first-order chi connectivity index (χ1) is 9.40. The van der Waals surface area contributed by atoms with Crippen LogP contribution in [0.1, 0.15) is 15.9 Å². The maximum Gasteiger partial charge on any atom is 0.335 e. The molecule has 0 saturated heterocycles. The minimum absolute atomic E-state index is 0.00806. The first kappa shape index (κ1) is 14.3. The highest BCUT2D eigenvalue weighted by Gasteiger charge is 2.17. The third-order valence-corrected chi connectivity index (χ3v) is 4.67. The standard InChI is InChI=1S/C13H14N2O4S/c1-10-2-3-11(8-12(10)13(16)17)20(18,19)7-6-15-5-4-14-9-15/h2-5,8-9H,6-7H2,1H3,(H,16,17). The first-order valence-corrected chi connectivity index (χ1v) is 7.58. The van der Waals surface area contributed by atoms with E-state index in [4.69, 9.17) is 5.11 Å². The van der Waals surface area contributed by atoms with Gasteiger partial charge in [0.15, 0.2) is 9.84 Å². The molecule has 1 heterocycles. The number of carboxylic acids is 1. The summed E-state index contributed by atoms with van der Waals surface area (Å²) in [5.41, 5.74) is 0.541. The van der Waals surface area contributed by atoms with Crippen molar-refractivity contribution in [2.24, 2.45) is 0 Å². The van der Waals surface area contributed by atoms with Crippen molar-refractivity contribution in [3.63, 3.8) is 0 Å². The van der Waals surface area contributed by atoms with Crippen molar-refractivity contribution in [2.45, 2.75) is 18.4 Å². The highest BCUT2D eigenvalue weighted by molar-refractivity contribution is 7.91. The number of imidazole rings is 1. The lowest BCUT2D eigenvalue weighted by atomic mass is 10.1. The Balaban J connectivity index is 2.25. The van der Waals surface area contributed by atoms with E-state index in [1.54, 1.807) is 23.9 Å². The number of benzene rings is 1. The zero-order chi connectivity index (χ0) is 14.8. The fourth-order valence-corrected chi connectivity index (χ4v) is 3.05. The topological polar surface area (TPSA) is 89.3 Å². The Bertz CT molecular complexity index is 721. The van der Waals surface area contributed by atoms with Gasteiger partial charge in [0.1, 0.15) is 0 Å². The van der Waals surface area contributed by atoms with Gasteiger partial charge in [0, 0.05) is 18.9 Å². The Kier molecular flexibility index (Phi) is 3.89. The Hall–Kier alpha value is -2.15. The second-order valence-corrected chi connectivity index (χ2v) is 6.51. The zero-order valence-electron chi connectivity index (χ0n) is 10.9. The van der Waals surface area contributed by atoms with Crippen LogP contribution in [0.3, 0.4) is 0 Å². The number of carboxylic acid groups (broad SMARTS) is 1. The maximum absolute atomic E-state index is 12.2. The van der Waals surface area contributed by atoms with E-state index in [9.17, 15) is 13.2 Å². The summed E-state index contributed by atoms with van der Waals surface area (Å²) in [6.45, 7) is 1.91. The van der Waals surface area contributed by atoms with Crippen molar-refractivity contribution in [2.75, 3.05) is 5.75 Å². The van der Waals surface area contributed by atoms with E-state index in [0.29, 0.717) is 5.56 Å². The van der Waals surface area contributed by atoms with Crippen LogP contribution in [0.25, 0.3) is 0 Å². The molecule has 0 aliphatic rings. The highest BCUT2D eigenvalue weighted by Crippen LogP contribution is 2.17. The first-order valence-electron chi connectivity index (χ1n) is 5.92. The third-order valence-electron chi connectivity index (χ3n) is 2.98. The molecule has 1 N–H and O–H groups in total. The van der Waals surface area contributed by atoms with Crippen molar-refractivity contribution in [3.8, 4) is 0 Å². The Morgan fingerprint density at radius 1 is 1.40 bits per heavy atom. The minimum Gasteiger partial charge on any atom is -0.478 e. The smallest absolute Gasteiger partial charge is 0.335 e. The van der Waals surface area contributed by atoms with Crippen LogP contribution in [-0.2, 0) is 16.4 Å². The lowest BCUT2D eigenvalue weighted by Crippen LogP contribution is -2.13. The SMILES string of the molecule is Cc1ccc(S(=O)(=O)CCn2ccnc2)cc1C(=O)O. The van der Waals surface area contributed by atoms with E-state index >= 15 is 0 Å². The number of aromatic nitrogens is 2. The number of carbonyl (C=O) groups is 1. The molecule has 0 fully saturated rings. The molecule has 0 aliphatic heterocycles. The number of hydrogen-bond acceptors (Lipinski definition) is 4. The van der Waals surface area contributed by atoms with Crippen molar-refractivity contribution in [1.29, 1.82) is 0 Å². The van der Waals surface area contributed by atoms with Crippen LogP contribution in [0.15, 0.2) is 41.8 Å². The fourth-order valence-electron chi connectivity index (χ4n) is 1.79. The van der Waals surface area contributed by atoms with Crippen LogP contribution in [0.2, 0.25) is 0 Å². The van der Waals surface area contributed by atoms with Gasteiger partial charge in [-0.2, -0.15) is 0 Å². The van der Waals surface area contributed by atoms with Crippen molar-refractivity contribution in [1.82, 2.24) is 9.55 Å². The molecule has 2 rings (SSSR count). The van der Waals surface area contributed by atoms with E-state index in [-0.39, 0.29) is 22.8 Å². The summed E-state index contributed by atoms with van der Waals surface area (Å²) in [7, 11) is -3.52. The van der Waals surface area contributed by atoms with E-state index in [1.807, 2.05) is 0 Å². The maximum atomic E-state index is 12.2. The van der Waals surface area contributed by atoms with Crippen LogP contribution < -0.4 is 0 Å². The van der Waals surface area contributed by atoms with Crippen LogP contribution in [-0.4, -0.2) is 34.8 Å². The molecule has 0 atom stereocenters. The average molecular weight is 294 g/mol. The van der Waals surface area contributed by atoms with Gasteiger partial charge in [-0.05, 0) is 24.6 Å². The lowest BCUT2D eigenvalue weighted by molar-refractivity contribution is 0.0696. The normalized spacial score (nSPS) is 11.4. The number of aromatic carboxylic acids is 1. The van der Waals surface area contributed by atoms with Crippen molar-refractivity contribution in [3.05, 3.63) is 48.0 Å². The molecule has 0 bridgehead atoms. The summed E-state index contributed by atoms with van der Waals surface area (Å²) in [5, 5.41) is 9.03. The Labute approximate surface area is 116 Å². The molecule has 106 valence electrons. The van der Waals surface area contributed by atoms with E-state index in [2.05, 4.69) is 4.98 Å². The molecular weight excluding hydrogens is 280 g/mol. The van der Waals surface area contributed by atoms with Crippen LogP contribution >= 0.6 is 0 Å². The largest absolute Gasteiger partial charge is 0.478 e. The molecule has 7 heteroatoms. The predicted octanol–water partition coefficient (Wildman–Crippen LogP) is 1.36. The molecule has 0 saturated carbocycles. The summed E-state index contributed by atoms with van der Waals surface area (Å²) in [6, 6.07) is 4.15. The molecule has 1 aromatic heterocycles. The van der Waals surface area contributed by atoms with Gasteiger partial charge in [-0.15, -0.1) is 0 Å². The van der Waals surface area contributed by atoms with E-state index in [1.165, 1.54) is 24.5 Å². The van der Waals surface area contributed by atoms with Gasteiger partial charge >= 0.3 is 5.97 Å². The second kappa shape index (κ2) is 5.46. The van der Waals surface area contributed by atoms with Gasteiger partial charge in [-0.3, -0.25) is 0 Å². The lowest BCUT2D eigenvalue weighted by Gasteiger charge is -2.07. The highest BCUT2D eigenvalue weighted by atomic mass is 32.2. The number of hydrogen-bond donors (Lipinski definition) is 1. The minimum atomic E-state index is -3.52. The number of nitrogens with zero attached hydrogens (tertiary/aromatic N) is 2. The summed E-state index contributed by atoms with van der Waals surface area (Å²) in [4.78, 5) is 14.9. The molecular formula is C13H14N2O4S. The molecule has 0 amide bonds. The Morgan fingerprint density at radius 2 is 2.15 bits per heavy atom. The molecule has 0 radical (unpaired) electrons. The van der Waals surface area contributed by atoms with Gasteiger partial charge in [-0.25, -0.2) is 18.2 Å². The van der Waals surface area contributed by atoms with Crippen molar-refractivity contribution < 1.29 is 18.3 Å². The molecule has 6 nitrogen and oxygen atoms in total. The average Bonchev–Trinajstić information content (AvgIpc) is 2.89. The fraction of sp³-hybridized carbons (Fsp3) is 0.231. The quantitative estimate of drug-likeness (QED) is 0.899. The summed E-state index contributed by atoms with van der Waals surface area (Å²) in [5.74, 6) is -1.24. The van der Waals surface area contributed by atoms with Gasteiger partial charge in [0.2, 0.25) is 0 Å². The van der Waals surface area contributed by atoms with Crippen LogP contribution in [0, 0.1) is 6.92 Å². The monoisotopic (exact) mass is 294 g/mol. The number of sulfone groups is 1. The second-order valence-electron chi connectivity index (χ2n) is 4.40. The van der Waals surface area contributed by atoms with Gasteiger partial charge < -0.3 is 9.67 Å². The van der Waals surface area contributed by atoms with Crippen LogP contribution in [0.4, 0.5) is 0 Å². The molecule has 0 unspecified atom stereocenters. The molecule has 1 aromatic carbocycles. The van der Waals surface area contributed by atoms with E-state index in [0.717, 1.165) is 0 Å². The Morgan fingerprint density at radius 3 is 2.75 bits per heavy atom. The molecule has 20 heavy (non-hydrogen) atoms. The van der Waals surface area contributed by atoms with Crippen molar-refractivity contribution >= 4 is 15.8 Å².